The van der Waals surface area contributed by atoms with E-state index in [4.69, 9.17) is 14.2 Å². The molecule has 2 aliphatic rings. The fraction of sp³-hybridized carbons (Fsp3) is 0.526. The number of nitrogens with one attached hydrogen (secondary N) is 1. The topological polar surface area (TPSA) is 56.8 Å². The second-order valence-electron chi connectivity index (χ2n) is 6.55. The van der Waals surface area contributed by atoms with Crippen molar-refractivity contribution in [2.24, 2.45) is 5.92 Å². The van der Waals surface area contributed by atoms with Gasteiger partial charge in [0, 0.05) is 12.1 Å². The van der Waals surface area contributed by atoms with E-state index in [1.165, 1.54) is 12.8 Å². The normalized spacial score (nSPS) is 23.1. The summed E-state index contributed by atoms with van der Waals surface area (Å²) < 4.78 is 16.5. The highest BCUT2D eigenvalue weighted by Gasteiger charge is 2.19. The van der Waals surface area contributed by atoms with Gasteiger partial charge in [0.05, 0.1) is 7.11 Å². The van der Waals surface area contributed by atoms with Crippen LogP contribution < -0.4 is 19.5 Å². The van der Waals surface area contributed by atoms with Crippen LogP contribution in [-0.4, -0.2) is 32.3 Å². The Bertz CT molecular complexity index is 601. The number of hydrogen-bond acceptors (Lipinski definition) is 4. The number of ether oxygens (including phenoxy) is 3. The zero-order valence-corrected chi connectivity index (χ0v) is 14.3. The van der Waals surface area contributed by atoms with Crippen molar-refractivity contribution in [1.29, 1.82) is 0 Å². The molecule has 0 bridgehead atoms. The van der Waals surface area contributed by atoms with Crippen LogP contribution in [0.1, 0.15) is 38.2 Å². The third-order valence-corrected chi connectivity index (χ3v) is 4.64. The number of hydrogen-bond donors (Lipinski definition) is 1. The van der Waals surface area contributed by atoms with Gasteiger partial charge in [-0.2, -0.15) is 0 Å². The standard InChI is InChI=1S/C19H25NO4/c1-13-3-6-15(7-4-13)20-18(21)8-5-14-11-16(22-2)19-17(12-14)23-9-10-24-19/h5,8,11-13,15H,3-4,6-7,9-10H2,1-2H3,(H,20,21)/b8-5+. The summed E-state index contributed by atoms with van der Waals surface area (Å²) in [7, 11) is 1.60. The summed E-state index contributed by atoms with van der Waals surface area (Å²) >= 11 is 0. The van der Waals surface area contributed by atoms with Crippen molar-refractivity contribution in [1.82, 2.24) is 5.32 Å². The minimum absolute atomic E-state index is 0.0524. The van der Waals surface area contributed by atoms with Crippen LogP contribution in [0.2, 0.25) is 0 Å². The minimum Gasteiger partial charge on any atom is -0.493 e. The first-order valence-corrected chi connectivity index (χ1v) is 8.62. The molecule has 0 saturated heterocycles. The summed E-state index contributed by atoms with van der Waals surface area (Å²) in [4.78, 5) is 12.1. The van der Waals surface area contributed by atoms with E-state index in [0.29, 0.717) is 36.5 Å². The first kappa shape index (κ1) is 16.7. The monoisotopic (exact) mass is 331 g/mol. The summed E-state index contributed by atoms with van der Waals surface area (Å²) in [6.07, 6.45) is 7.86. The molecule has 1 heterocycles. The smallest absolute Gasteiger partial charge is 0.244 e. The van der Waals surface area contributed by atoms with E-state index in [2.05, 4.69) is 12.2 Å². The molecule has 5 heteroatoms. The van der Waals surface area contributed by atoms with Gasteiger partial charge < -0.3 is 19.5 Å². The fourth-order valence-electron chi connectivity index (χ4n) is 3.22. The lowest BCUT2D eigenvalue weighted by Gasteiger charge is -2.26. The fourth-order valence-corrected chi connectivity index (χ4v) is 3.22. The molecule has 5 nitrogen and oxygen atoms in total. The Kier molecular flexibility index (Phi) is 5.28. The van der Waals surface area contributed by atoms with E-state index in [9.17, 15) is 4.79 Å². The highest BCUT2D eigenvalue weighted by molar-refractivity contribution is 5.92. The Morgan fingerprint density at radius 2 is 1.96 bits per heavy atom. The zero-order chi connectivity index (χ0) is 16.9. The van der Waals surface area contributed by atoms with Gasteiger partial charge in [-0.1, -0.05) is 6.92 Å². The first-order valence-electron chi connectivity index (χ1n) is 8.62. The van der Waals surface area contributed by atoms with E-state index in [-0.39, 0.29) is 5.91 Å². The van der Waals surface area contributed by atoms with E-state index in [1.54, 1.807) is 19.3 Å². The number of benzene rings is 1. The van der Waals surface area contributed by atoms with Gasteiger partial charge in [-0.05, 0) is 55.4 Å². The quantitative estimate of drug-likeness (QED) is 0.861. The molecule has 3 rings (SSSR count). The van der Waals surface area contributed by atoms with Crippen LogP contribution in [0, 0.1) is 5.92 Å². The Morgan fingerprint density at radius 1 is 1.21 bits per heavy atom. The molecule has 0 aromatic heterocycles. The van der Waals surface area contributed by atoms with Gasteiger partial charge in [0.25, 0.3) is 0 Å². The number of rotatable bonds is 4. The molecule has 1 N–H and O–H groups in total. The van der Waals surface area contributed by atoms with Crippen molar-refractivity contribution in [2.45, 2.75) is 38.6 Å². The first-order chi connectivity index (χ1) is 11.7. The second kappa shape index (κ2) is 7.60. The maximum absolute atomic E-state index is 12.1. The van der Waals surface area contributed by atoms with Gasteiger partial charge in [0.2, 0.25) is 11.7 Å². The second-order valence-corrected chi connectivity index (χ2v) is 6.55. The molecule has 0 atom stereocenters. The molecule has 1 aromatic carbocycles. The Balaban J connectivity index is 1.64. The Labute approximate surface area is 143 Å². The van der Waals surface area contributed by atoms with E-state index in [1.807, 2.05) is 12.1 Å². The van der Waals surface area contributed by atoms with Crippen molar-refractivity contribution in [2.75, 3.05) is 20.3 Å². The molecule has 1 amide bonds. The van der Waals surface area contributed by atoms with Crippen LogP contribution in [0.4, 0.5) is 0 Å². The van der Waals surface area contributed by atoms with E-state index in [0.717, 1.165) is 24.3 Å². The zero-order valence-electron chi connectivity index (χ0n) is 14.3. The third kappa shape index (κ3) is 4.02. The van der Waals surface area contributed by atoms with Crippen molar-refractivity contribution >= 4 is 12.0 Å². The van der Waals surface area contributed by atoms with E-state index < -0.39 is 0 Å². The lowest BCUT2D eigenvalue weighted by Crippen LogP contribution is -2.36. The summed E-state index contributed by atoms with van der Waals surface area (Å²) in [5.74, 6) is 2.62. The summed E-state index contributed by atoms with van der Waals surface area (Å²) in [5, 5.41) is 3.09. The van der Waals surface area contributed by atoms with Crippen LogP contribution >= 0.6 is 0 Å². The number of amides is 1. The molecule has 0 spiro atoms. The van der Waals surface area contributed by atoms with Crippen LogP contribution in [0.15, 0.2) is 18.2 Å². The highest BCUT2D eigenvalue weighted by Crippen LogP contribution is 2.40. The molecule has 0 radical (unpaired) electrons. The minimum atomic E-state index is -0.0524. The Morgan fingerprint density at radius 3 is 2.71 bits per heavy atom. The largest absolute Gasteiger partial charge is 0.493 e. The van der Waals surface area contributed by atoms with Crippen LogP contribution in [0.5, 0.6) is 17.2 Å². The molecule has 0 unspecified atom stereocenters. The SMILES string of the molecule is COc1cc(/C=C/C(=O)NC2CCC(C)CC2)cc2c1OCCO2. The maximum Gasteiger partial charge on any atom is 0.244 e. The average Bonchev–Trinajstić information content (AvgIpc) is 2.61. The predicted molar refractivity (Wildman–Crippen MR) is 92.6 cm³/mol. The van der Waals surface area contributed by atoms with Crippen LogP contribution in [-0.2, 0) is 4.79 Å². The highest BCUT2D eigenvalue weighted by atomic mass is 16.6. The lowest BCUT2D eigenvalue weighted by atomic mass is 9.87. The molecule has 1 saturated carbocycles. The number of carbonyl (C=O) groups excluding carboxylic acids is 1. The van der Waals surface area contributed by atoms with Crippen molar-refractivity contribution in [3.8, 4) is 17.2 Å². The van der Waals surface area contributed by atoms with Gasteiger partial charge in [-0.15, -0.1) is 0 Å². The number of fused-ring (bicyclic) bond motifs is 1. The van der Waals surface area contributed by atoms with Crippen LogP contribution in [0.3, 0.4) is 0 Å². The van der Waals surface area contributed by atoms with Crippen molar-refractivity contribution < 1.29 is 19.0 Å². The van der Waals surface area contributed by atoms with Gasteiger partial charge in [0.15, 0.2) is 11.5 Å². The average molecular weight is 331 g/mol. The molecular weight excluding hydrogens is 306 g/mol. The van der Waals surface area contributed by atoms with E-state index >= 15 is 0 Å². The molecular formula is C19H25NO4. The molecule has 24 heavy (non-hydrogen) atoms. The van der Waals surface area contributed by atoms with Gasteiger partial charge in [0.1, 0.15) is 13.2 Å². The molecule has 1 fully saturated rings. The van der Waals surface area contributed by atoms with Gasteiger partial charge >= 0.3 is 0 Å². The lowest BCUT2D eigenvalue weighted by molar-refractivity contribution is -0.117. The summed E-state index contributed by atoms with van der Waals surface area (Å²) in [6, 6.07) is 4.01. The van der Waals surface area contributed by atoms with Gasteiger partial charge in [-0.3, -0.25) is 4.79 Å². The molecule has 1 aliphatic carbocycles. The predicted octanol–water partition coefficient (Wildman–Crippen LogP) is 3.17. The molecule has 130 valence electrons. The van der Waals surface area contributed by atoms with Gasteiger partial charge in [-0.25, -0.2) is 0 Å². The number of methoxy groups -OCH3 is 1. The number of carbonyl (C=O) groups is 1. The Hall–Kier alpha value is -2.17. The molecule has 1 aliphatic heterocycles. The summed E-state index contributed by atoms with van der Waals surface area (Å²) in [6.45, 7) is 3.30. The van der Waals surface area contributed by atoms with Crippen molar-refractivity contribution in [3.05, 3.63) is 23.8 Å². The van der Waals surface area contributed by atoms with Crippen LogP contribution in [0.25, 0.3) is 6.08 Å². The van der Waals surface area contributed by atoms with Crippen molar-refractivity contribution in [3.63, 3.8) is 0 Å². The maximum atomic E-state index is 12.1. The summed E-state index contributed by atoms with van der Waals surface area (Å²) in [5.41, 5.74) is 0.850. The third-order valence-electron chi connectivity index (χ3n) is 4.64. The molecule has 1 aromatic rings.